The van der Waals surface area contributed by atoms with Gasteiger partial charge in [0.1, 0.15) is 18.8 Å². The van der Waals surface area contributed by atoms with Crippen LogP contribution >= 0.6 is 0 Å². The number of hydrogen-bond acceptors (Lipinski definition) is 9. The van der Waals surface area contributed by atoms with Gasteiger partial charge in [-0.1, -0.05) is 20.8 Å². The van der Waals surface area contributed by atoms with E-state index in [2.05, 4.69) is 12.2 Å². The molecule has 190 valence electrons. The molecule has 8 aliphatic rings. The predicted octanol–water partition coefficient (Wildman–Crippen LogP) is 1.75. The van der Waals surface area contributed by atoms with Gasteiger partial charge in [-0.25, -0.2) is 9.59 Å². The summed E-state index contributed by atoms with van der Waals surface area (Å²) in [7, 11) is 1.53. The van der Waals surface area contributed by atoms with E-state index in [0.717, 1.165) is 17.6 Å². The van der Waals surface area contributed by atoms with E-state index in [1.807, 2.05) is 13.8 Å². The molecule has 0 aromatic carbocycles. The third kappa shape index (κ3) is 2.22. The van der Waals surface area contributed by atoms with Crippen molar-refractivity contribution < 1.29 is 42.8 Å². The van der Waals surface area contributed by atoms with Crippen LogP contribution in [0.3, 0.4) is 0 Å². The Morgan fingerprint density at radius 1 is 1.26 bits per heavy atom. The third-order valence-corrected chi connectivity index (χ3v) is 10.2. The molecule has 10 heteroatoms. The zero-order chi connectivity index (χ0) is 24.6. The van der Waals surface area contributed by atoms with Gasteiger partial charge in [0.25, 0.3) is 0 Å². The maximum absolute atomic E-state index is 12.8. The molecule has 2 saturated carbocycles. The minimum absolute atomic E-state index is 0.00995. The standard InChI is InChI=1S/C25H31NO9/c1-12(2)24-19(32-20(29)30-8-6-17(27)26-4)25-16(33-25)9-15-14-10-31-18(28)13(14)5-7-21(15,3)22(25)11-23(24,34-22)35-24/h12,15-16,19H,5-11H2,1-4H3,(H,26,27)/t15-,16-,19+,21-,22+,23-,24+,25+/m0/s1. The molecule has 8 rings (SSSR count). The molecule has 6 fully saturated rings. The Hall–Kier alpha value is -2.17. The Balaban J connectivity index is 1.23. The van der Waals surface area contributed by atoms with Gasteiger partial charge in [0.15, 0.2) is 17.3 Å². The lowest BCUT2D eigenvalue weighted by Crippen LogP contribution is -2.84. The fourth-order valence-electron chi connectivity index (χ4n) is 8.48. The number of fused-ring (bicyclic) bond motifs is 2. The molecule has 4 saturated heterocycles. The first-order valence-corrected chi connectivity index (χ1v) is 12.6. The SMILES string of the molecule is CNC(=O)CCOC(=O)O[C@H]1[C@]23O[C@H]2C[C@H]2C4=C(CC[C@]2(C)[C@]32C[C@]3(O2)O[C@]13C(C)C)C(=O)OC4. The van der Waals surface area contributed by atoms with Gasteiger partial charge in [0.05, 0.1) is 12.5 Å². The van der Waals surface area contributed by atoms with Crippen molar-refractivity contribution in [1.29, 1.82) is 0 Å². The predicted molar refractivity (Wildman–Crippen MR) is 116 cm³/mol. The minimum atomic E-state index is -0.833. The molecule has 1 amide bonds. The highest BCUT2D eigenvalue weighted by atomic mass is 16.9. The first-order valence-electron chi connectivity index (χ1n) is 12.6. The van der Waals surface area contributed by atoms with Crippen LogP contribution in [0.5, 0.6) is 0 Å². The number of rotatable bonds is 5. The number of carbonyl (C=O) groups is 3. The Bertz CT molecular complexity index is 1090. The zero-order valence-electron chi connectivity index (χ0n) is 20.4. The quantitative estimate of drug-likeness (QED) is 0.454. The molecule has 0 unspecified atom stereocenters. The van der Waals surface area contributed by atoms with E-state index in [-0.39, 0.29) is 48.3 Å². The lowest BCUT2D eigenvalue weighted by Gasteiger charge is -2.69. The molecule has 35 heavy (non-hydrogen) atoms. The highest BCUT2D eigenvalue weighted by molar-refractivity contribution is 5.92. The van der Waals surface area contributed by atoms with Crippen molar-refractivity contribution in [3.63, 3.8) is 0 Å². The molecule has 5 aliphatic heterocycles. The van der Waals surface area contributed by atoms with E-state index in [0.29, 0.717) is 25.9 Å². The van der Waals surface area contributed by atoms with E-state index in [4.69, 9.17) is 28.4 Å². The van der Waals surface area contributed by atoms with Gasteiger partial charge in [-0.05, 0) is 36.7 Å². The number of esters is 1. The molecule has 10 nitrogen and oxygen atoms in total. The Labute approximate surface area is 202 Å². The fourth-order valence-corrected chi connectivity index (χ4v) is 8.48. The molecule has 2 bridgehead atoms. The molecule has 0 aromatic heterocycles. The van der Waals surface area contributed by atoms with Crippen LogP contribution in [-0.2, 0) is 38.0 Å². The van der Waals surface area contributed by atoms with Crippen LogP contribution in [0, 0.1) is 17.3 Å². The number of nitrogens with one attached hydrogen (secondary N) is 1. The van der Waals surface area contributed by atoms with Gasteiger partial charge in [0, 0.05) is 24.5 Å². The highest BCUT2D eigenvalue weighted by Gasteiger charge is 3.03. The average molecular weight is 490 g/mol. The summed E-state index contributed by atoms with van der Waals surface area (Å²) in [4.78, 5) is 36.6. The molecule has 3 aliphatic carbocycles. The van der Waals surface area contributed by atoms with E-state index in [9.17, 15) is 14.4 Å². The van der Waals surface area contributed by atoms with Crippen molar-refractivity contribution in [2.45, 2.75) is 87.7 Å². The first-order chi connectivity index (χ1) is 16.6. The molecular formula is C25H31NO9. The van der Waals surface area contributed by atoms with Crippen molar-refractivity contribution in [3.8, 4) is 0 Å². The smallest absolute Gasteiger partial charge is 0.458 e. The molecular weight excluding hydrogens is 458 g/mol. The van der Waals surface area contributed by atoms with Crippen molar-refractivity contribution >= 4 is 18.0 Å². The number of hydrogen-bond donors (Lipinski definition) is 1. The molecule has 3 spiro atoms. The number of epoxide rings is 2. The number of cyclic esters (lactones) is 1. The summed E-state index contributed by atoms with van der Waals surface area (Å²) in [6.07, 6.45) is 1.13. The lowest BCUT2D eigenvalue weighted by atomic mass is 9.42. The first kappa shape index (κ1) is 22.1. The fraction of sp³-hybridized carbons (Fsp3) is 0.800. The van der Waals surface area contributed by atoms with Gasteiger partial charge in [-0.2, -0.15) is 0 Å². The maximum Gasteiger partial charge on any atom is 0.508 e. The Morgan fingerprint density at radius 3 is 2.74 bits per heavy atom. The monoisotopic (exact) mass is 489 g/mol. The van der Waals surface area contributed by atoms with Gasteiger partial charge in [-0.3, -0.25) is 4.79 Å². The summed E-state index contributed by atoms with van der Waals surface area (Å²) in [6, 6.07) is 0. The largest absolute Gasteiger partial charge is 0.508 e. The van der Waals surface area contributed by atoms with E-state index >= 15 is 0 Å². The van der Waals surface area contributed by atoms with Gasteiger partial charge < -0.3 is 33.7 Å². The normalized spacial score (nSPS) is 49.4. The number of carbonyl (C=O) groups excluding carboxylic acids is 3. The summed E-state index contributed by atoms with van der Waals surface area (Å²) >= 11 is 0. The zero-order valence-corrected chi connectivity index (χ0v) is 20.4. The van der Waals surface area contributed by atoms with Crippen LogP contribution in [0.25, 0.3) is 0 Å². The van der Waals surface area contributed by atoms with Crippen molar-refractivity contribution in [2.24, 2.45) is 17.3 Å². The molecule has 1 N–H and O–H groups in total. The summed E-state index contributed by atoms with van der Waals surface area (Å²) in [5.74, 6) is -1.12. The Kier molecular flexibility index (Phi) is 4.03. The van der Waals surface area contributed by atoms with E-state index in [1.165, 1.54) is 7.05 Å². The van der Waals surface area contributed by atoms with Gasteiger partial charge in [-0.15, -0.1) is 0 Å². The highest BCUT2D eigenvalue weighted by Crippen LogP contribution is 2.86. The summed E-state index contributed by atoms with van der Waals surface area (Å²) in [5.41, 5.74) is -0.763. The van der Waals surface area contributed by atoms with E-state index in [1.54, 1.807) is 0 Å². The Morgan fingerprint density at radius 2 is 2.03 bits per heavy atom. The summed E-state index contributed by atoms with van der Waals surface area (Å²) in [6.45, 7) is 6.56. The maximum atomic E-state index is 12.8. The number of amides is 1. The minimum Gasteiger partial charge on any atom is -0.458 e. The molecule has 0 radical (unpaired) electrons. The van der Waals surface area contributed by atoms with Crippen molar-refractivity contribution in [2.75, 3.05) is 20.3 Å². The topological polar surface area (TPSA) is 125 Å². The average Bonchev–Trinajstić information content (AvgIpc) is 3.66. The number of ether oxygens (including phenoxy) is 6. The lowest BCUT2D eigenvalue weighted by molar-refractivity contribution is -0.378. The van der Waals surface area contributed by atoms with Gasteiger partial charge >= 0.3 is 12.1 Å². The summed E-state index contributed by atoms with van der Waals surface area (Å²) < 4.78 is 36.5. The third-order valence-electron chi connectivity index (χ3n) is 10.2. The summed E-state index contributed by atoms with van der Waals surface area (Å²) in [5, 5.41) is 2.50. The van der Waals surface area contributed by atoms with Crippen LogP contribution in [0.1, 0.15) is 52.9 Å². The van der Waals surface area contributed by atoms with Gasteiger partial charge in [0.2, 0.25) is 11.7 Å². The molecule has 8 atom stereocenters. The van der Waals surface area contributed by atoms with Crippen molar-refractivity contribution in [1.82, 2.24) is 5.32 Å². The van der Waals surface area contributed by atoms with E-state index < -0.39 is 34.8 Å². The van der Waals surface area contributed by atoms with Crippen LogP contribution < -0.4 is 5.32 Å². The second kappa shape index (κ2) is 6.39. The van der Waals surface area contributed by atoms with Crippen LogP contribution in [0.4, 0.5) is 4.79 Å². The van der Waals surface area contributed by atoms with Crippen LogP contribution in [-0.4, -0.2) is 73.1 Å². The molecule has 5 heterocycles. The van der Waals surface area contributed by atoms with Crippen molar-refractivity contribution in [3.05, 3.63) is 11.1 Å². The van der Waals surface area contributed by atoms with Crippen LogP contribution in [0.2, 0.25) is 0 Å². The van der Waals surface area contributed by atoms with Crippen LogP contribution in [0.15, 0.2) is 11.1 Å². The second-order valence-electron chi connectivity index (χ2n) is 11.6. The second-order valence-corrected chi connectivity index (χ2v) is 11.6. The molecule has 0 aromatic rings.